The van der Waals surface area contributed by atoms with Gasteiger partial charge in [-0.05, 0) is 12.5 Å². The summed E-state index contributed by atoms with van der Waals surface area (Å²) >= 11 is 0. The SMILES string of the molecule is CCCCCCCCC(n1cncn1)C(O)(CC(=O)O)c1ccc(F)cc1F. The lowest BCUT2D eigenvalue weighted by Crippen LogP contribution is -2.40. The zero-order valence-electron chi connectivity index (χ0n) is 16.0. The fourth-order valence-electron chi connectivity index (χ4n) is 3.55. The van der Waals surface area contributed by atoms with Crippen molar-refractivity contribution >= 4 is 5.97 Å². The molecule has 0 aliphatic heterocycles. The van der Waals surface area contributed by atoms with Gasteiger partial charge in [0.2, 0.25) is 0 Å². The van der Waals surface area contributed by atoms with Crippen molar-refractivity contribution in [2.24, 2.45) is 0 Å². The molecule has 2 atom stereocenters. The Morgan fingerprint density at radius 3 is 2.54 bits per heavy atom. The number of aliphatic hydroxyl groups is 1. The van der Waals surface area contributed by atoms with Crippen LogP contribution in [0.4, 0.5) is 8.78 Å². The molecule has 2 unspecified atom stereocenters. The minimum absolute atomic E-state index is 0.261. The molecule has 0 spiro atoms. The number of hydrogen-bond acceptors (Lipinski definition) is 4. The number of benzene rings is 1. The number of aromatic nitrogens is 3. The number of rotatable bonds is 12. The summed E-state index contributed by atoms with van der Waals surface area (Å²) in [5.41, 5.74) is -2.36. The molecule has 2 N–H and O–H groups in total. The molecule has 0 aliphatic rings. The van der Waals surface area contributed by atoms with Crippen LogP contribution in [0.2, 0.25) is 0 Å². The number of nitrogens with zero attached hydrogens (tertiary/aromatic N) is 3. The summed E-state index contributed by atoms with van der Waals surface area (Å²) in [6.45, 7) is 2.13. The Morgan fingerprint density at radius 1 is 1.21 bits per heavy atom. The number of aliphatic carboxylic acids is 1. The van der Waals surface area contributed by atoms with Gasteiger partial charge in [0, 0.05) is 11.6 Å². The van der Waals surface area contributed by atoms with Gasteiger partial charge < -0.3 is 10.2 Å². The Kier molecular flexibility index (Phi) is 8.04. The first-order valence-corrected chi connectivity index (χ1v) is 9.62. The van der Waals surface area contributed by atoms with Crippen LogP contribution in [0.25, 0.3) is 0 Å². The van der Waals surface area contributed by atoms with E-state index in [9.17, 15) is 23.8 Å². The lowest BCUT2D eigenvalue weighted by molar-refractivity contribution is -0.146. The maximum Gasteiger partial charge on any atom is 0.306 e. The van der Waals surface area contributed by atoms with Gasteiger partial charge in [0.25, 0.3) is 0 Å². The summed E-state index contributed by atoms with van der Waals surface area (Å²) < 4.78 is 29.2. The normalized spacial score (nSPS) is 14.6. The zero-order chi connectivity index (χ0) is 20.6. The second kappa shape index (κ2) is 10.3. The van der Waals surface area contributed by atoms with Crippen LogP contribution in [-0.2, 0) is 10.4 Å². The molecule has 0 saturated heterocycles. The fourth-order valence-corrected chi connectivity index (χ4v) is 3.55. The maximum absolute atomic E-state index is 14.5. The topological polar surface area (TPSA) is 88.2 Å². The number of halogens is 2. The van der Waals surface area contributed by atoms with E-state index < -0.39 is 35.7 Å². The van der Waals surface area contributed by atoms with Crippen molar-refractivity contribution < 1.29 is 23.8 Å². The highest BCUT2D eigenvalue weighted by Gasteiger charge is 2.44. The minimum atomic E-state index is -2.10. The number of carboxylic acid groups (broad SMARTS) is 1. The summed E-state index contributed by atoms with van der Waals surface area (Å²) in [4.78, 5) is 15.4. The predicted octanol–water partition coefficient (Wildman–Crippen LogP) is 4.21. The molecular formula is C20H27F2N3O3. The van der Waals surface area contributed by atoms with E-state index in [1.807, 2.05) is 0 Å². The van der Waals surface area contributed by atoms with Crippen LogP contribution in [0.15, 0.2) is 30.9 Å². The van der Waals surface area contributed by atoms with Gasteiger partial charge in [-0.15, -0.1) is 0 Å². The molecule has 2 rings (SSSR count). The summed E-state index contributed by atoms with van der Waals surface area (Å²) in [6, 6.07) is 1.90. The Labute approximate surface area is 163 Å². The van der Waals surface area contributed by atoms with E-state index in [4.69, 9.17) is 0 Å². The van der Waals surface area contributed by atoms with E-state index in [2.05, 4.69) is 17.0 Å². The molecule has 0 bridgehead atoms. The van der Waals surface area contributed by atoms with E-state index in [0.29, 0.717) is 18.9 Å². The molecule has 0 aliphatic carbocycles. The highest BCUT2D eigenvalue weighted by Crippen LogP contribution is 2.40. The van der Waals surface area contributed by atoms with Crippen molar-refractivity contribution in [1.29, 1.82) is 0 Å². The third-order valence-electron chi connectivity index (χ3n) is 4.96. The minimum Gasteiger partial charge on any atom is -0.481 e. The molecule has 0 saturated carbocycles. The van der Waals surface area contributed by atoms with Crippen LogP contribution in [0, 0.1) is 11.6 Å². The van der Waals surface area contributed by atoms with Gasteiger partial charge in [0.1, 0.15) is 29.9 Å². The van der Waals surface area contributed by atoms with Gasteiger partial charge in [-0.1, -0.05) is 51.5 Å². The second-order valence-corrected chi connectivity index (χ2v) is 7.07. The monoisotopic (exact) mass is 395 g/mol. The lowest BCUT2D eigenvalue weighted by atomic mass is 9.80. The van der Waals surface area contributed by atoms with E-state index in [0.717, 1.165) is 44.2 Å². The Balaban J connectivity index is 2.32. The first-order chi connectivity index (χ1) is 13.4. The Morgan fingerprint density at radius 2 is 1.93 bits per heavy atom. The van der Waals surface area contributed by atoms with Gasteiger partial charge in [-0.2, -0.15) is 5.10 Å². The molecule has 1 aromatic carbocycles. The number of carbonyl (C=O) groups is 1. The molecule has 0 fully saturated rings. The third kappa shape index (κ3) is 5.58. The largest absolute Gasteiger partial charge is 0.481 e. The van der Waals surface area contributed by atoms with Crippen molar-refractivity contribution in [1.82, 2.24) is 14.8 Å². The molecule has 28 heavy (non-hydrogen) atoms. The average Bonchev–Trinajstić information content (AvgIpc) is 3.14. The lowest BCUT2D eigenvalue weighted by Gasteiger charge is -2.36. The van der Waals surface area contributed by atoms with Crippen LogP contribution in [-0.4, -0.2) is 30.9 Å². The fraction of sp³-hybridized carbons (Fsp3) is 0.550. The molecular weight excluding hydrogens is 368 g/mol. The third-order valence-corrected chi connectivity index (χ3v) is 4.96. The van der Waals surface area contributed by atoms with Crippen LogP contribution >= 0.6 is 0 Å². The zero-order valence-corrected chi connectivity index (χ0v) is 16.0. The average molecular weight is 395 g/mol. The molecule has 6 nitrogen and oxygen atoms in total. The van der Waals surface area contributed by atoms with Crippen LogP contribution in [0.5, 0.6) is 0 Å². The van der Waals surface area contributed by atoms with E-state index >= 15 is 0 Å². The van der Waals surface area contributed by atoms with Gasteiger partial charge in [-0.3, -0.25) is 4.79 Å². The number of hydrogen-bond donors (Lipinski definition) is 2. The molecule has 0 amide bonds. The van der Waals surface area contributed by atoms with Crippen molar-refractivity contribution in [2.75, 3.05) is 0 Å². The van der Waals surface area contributed by atoms with Gasteiger partial charge in [0.15, 0.2) is 0 Å². The van der Waals surface area contributed by atoms with Crippen LogP contribution in [0.1, 0.15) is 69.9 Å². The van der Waals surface area contributed by atoms with E-state index in [-0.39, 0.29) is 5.56 Å². The second-order valence-electron chi connectivity index (χ2n) is 7.07. The summed E-state index contributed by atoms with van der Waals surface area (Å²) in [6.07, 6.45) is 8.31. The van der Waals surface area contributed by atoms with Crippen molar-refractivity contribution in [3.05, 3.63) is 48.1 Å². The molecule has 8 heteroatoms. The van der Waals surface area contributed by atoms with Crippen molar-refractivity contribution in [3.63, 3.8) is 0 Å². The Hall–Kier alpha value is -2.35. The standard InChI is InChI=1S/C20H27F2N3O3/c1-2-3-4-5-6-7-8-18(25-14-23-13-24-25)20(28,12-19(26)27)16-10-9-15(21)11-17(16)22/h9-11,13-14,18,28H,2-8,12H2,1H3,(H,26,27). The Bertz CT molecular complexity index is 755. The molecule has 1 heterocycles. The van der Waals surface area contributed by atoms with Crippen molar-refractivity contribution in [2.45, 2.75) is 69.9 Å². The molecule has 0 radical (unpaired) electrons. The van der Waals surface area contributed by atoms with E-state index in [1.165, 1.54) is 17.3 Å². The maximum atomic E-state index is 14.5. The number of unbranched alkanes of at least 4 members (excludes halogenated alkanes) is 5. The quantitative estimate of drug-likeness (QED) is 0.526. The molecule has 154 valence electrons. The van der Waals surface area contributed by atoms with Gasteiger partial charge in [-0.25, -0.2) is 18.4 Å². The van der Waals surface area contributed by atoms with Gasteiger partial charge >= 0.3 is 5.97 Å². The smallest absolute Gasteiger partial charge is 0.306 e. The van der Waals surface area contributed by atoms with Crippen LogP contribution in [0.3, 0.4) is 0 Å². The number of carboxylic acids is 1. The summed E-state index contributed by atoms with van der Waals surface area (Å²) in [7, 11) is 0. The van der Waals surface area contributed by atoms with E-state index in [1.54, 1.807) is 0 Å². The molecule has 2 aromatic rings. The van der Waals surface area contributed by atoms with Crippen molar-refractivity contribution in [3.8, 4) is 0 Å². The van der Waals surface area contributed by atoms with Crippen LogP contribution < -0.4 is 0 Å². The summed E-state index contributed by atoms with van der Waals surface area (Å²) in [5.74, 6) is -3.08. The first kappa shape index (κ1) is 21.9. The predicted molar refractivity (Wildman–Crippen MR) is 99.6 cm³/mol. The molecule has 1 aromatic heterocycles. The highest BCUT2D eigenvalue weighted by atomic mass is 19.1. The summed E-state index contributed by atoms with van der Waals surface area (Å²) in [5, 5.41) is 24.8. The highest BCUT2D eigenvalue weighted by molar-refractivity contribution is 5.68. The first-order valence-electron chi connectivity index (χ1n) is 9.62. The van der Waals surface area contributed by atoms with Gasteiger partial charge in [0.05, 0.1) is 12.5 Å².